The molecule has 2 heteroatoms. The first-order chi connectivity index (χ1) is 12.8. The van der Waals surface area contributed by atoms with E-state index in [9.17, 15) is 0 Å². The van der Waals surface area contributed by atoms with E-state index in [0.29, 0.717) is 0 Å². The highest BCUT2D eigenvalue weighted by molar-refractivity contribution is 5.60. The fourth-order valence-electron chi connectivity index (χ4n) is 2.73. The van der Waals surface area contributed by atoms with Crippen molar-refractivity contribution in [3.8, 4) is 5.75 Å². The van der Waals surface area contributed by atoms with E-state index >= 15 is 0 Å². The van der Waals surface area contributed by atoms with E-state index in [0.717, 1.165) is 29.2 Å². The van der Waals surface area contributed by atoms with E-state index in [4.69, 9.17) is 4.74 Å². The van der Waals surface area contributed by atoms with E-state index in [1.54, 1.807) is 7.11 Å². The number of nitrogens with zero attached hydrogens (tertiary/aromatic N) is 1. The van der Waals surface area contributed by atoms with Crippen LogP contribution in [0.5, 0.6) is 5.75 Å². The highest BCUT2D eigenvalue weighted by atomic mass is 16.5. The van der Waals surface area contributed by atoms with Crippen LogP contribution in [0, 0.1) is 0 Å². The molecule has 0 unspecified atom stereocenters. The Balaban J connectivity index is 1.81. The summed E-state index contributed by atoms with van der Waals surface area (Å²) in [5, 5.41) is 0. The lowest BCUT2D eigenvalue weighted by molar-refractivity contribution is 0.415. The lowest BCUT2D eigenvalue weighted by atomic mass is 10.1. The molecule has 0 fully saturated rings. The van der Waals surface area contributed by atoms with Gasteiger partial charge in [0.2, 0.25) is 0 Å². The van der Waals surface area contributed by atoms with E-state index in [1.807, 2.05) is 48.5 Å². The maximum Gasteiger partial charge on any atom is 0.118 e. The smallest absolute Gasteiger partial charge is 0.118 e. The van der Waals surface area contributed by atoms with Gasteiger partial charge in [0.15, 0.2) is 0 Å². The van der Waals surface area contributed by atoms with Gasteiger partial charge in [0.25, 0.3) is 0 Å². The van der Waals surface area contributed by atoms with Crippen molar-refractivity contribution in [2.45, 2.75) is 6.54 Å². The van der Waals surface area contributed by atoms with Crippen molar-refractivity contribution in [1.82, 2.24) is 0 Å². The van der Waals surface area contributed by atoms with Gasteiger partial charge in [-0.25, -0.2) is 0 Å². The minimum Gasteiger partial charge on any atom is -0.497 e. The molecule has 0 bridgehead atoms. The fraction of sp³-hybridized carbons (Fsp3) is 0.0833. The summed E-state index contributed by atoms with van der Waals surface area (Å²) >= 11 is 0. The van der Waals surface area contributed by atoms with Crippen LogP contribution in [0.3, 0.4) is 0 Å². The molecule has 0 radical (unpaired) electrons. The summed E-state index contributed by atoms with van der Waals surface area (Å²) in [5.74, 6) is 0.857. The highest BCUT2D eigenvalue weighted by Crippen LogP contribution is 2.22. The Labute approximate surface area is 155 Å². The Hall–Kier alpha value is -3.26. The van der Waals surface area contributed by atoms with Gasteiger partial charge in [-0.3, -0.25) is 0 Å². The largest absolute Gasteiger partial charge is 0.497 e. The number of anilines is 1. The Kier molecular flexibility index (Phi) is 5.89. The summed E-state index contributed by atoms with van der Waals surface area (Å²) in [5.41, 5.74) is 4.42. The molecule has 0 aliphatic carbocycles. The molecule has 26 heavy (non-hydrogen) atoms. The molecule has 130 valence electrons. The van der Waals surface area contributed by atoms with Crippen molar-refractivity contribution >= 4 is 11.8 Å². The molecule has 0 N–H and O–H groups in total. The molecule has 2 nitrogen and oxygen atoms in total. The molecule has 3 rings (SSSR count). The average molecular weight is 341 g/mol. The molecule has 0 saturated carbocycles. The zero-order valence-corrected chi connectivity index (χ0v) is 15.0. The van der Waals surface area contributed by atoms with Crippen LogP contribution in [-0.2, 0) is 6.54 Å². The van der Waals surface area contributed by atoms with Crippen molar-refractivity contribution in [3.63, 3.8) is 0 Å². The molecule has 0 spiro atoms. The second-order valence-electron chi connectivity index (χ2n) is 6.01. The minimum atomic E-state index is 0.774. The van der Waals surface area contributed by atoms with Gasteiger partial charge < -0.3 is 9.64 Å². The van der Waals surface area contributed by atoms with Crippen LogP contribution in [0.1, 0.15) is 11.1 Å². The first-order valence-electron chi connectivity index (χ1n) is 8.64. The van der Waals surface area contributed by atoms with Crippen LogP contribution in [0.2, 0.25) is 0 Å². The maximum absolute atomic E-state index is 5.21. The second-order valence-corrected chi connectivity index (χ2v) is 6.01. The van der Waals surface area contributed by atoms with E-state index in [1.165, 1.54) is 5.56 Å². The lowest BCUT2D eigenvalue weighted by Gasteiger charge is -2.25. The topological polar surface area (TPSA) is 12.5 Å². The summed E-state index contributed by atoms with van der Waals surface area (Å²) in [6.45, 7) is 5.07. The normalized spacial score (nSPS) is 10.7. The number of methoxy groups -OCH3 is 1. The van der Waals surface area contributed by atoms with Crippen LogP contribution in [0.25, 0.3) is 6.08 Å². The molecule has 0 aliphatic heterocycles. The Morgan fingerprint density at radius 2 is 1.50 bits per heavy atom. The van der Waals surface area contributed by atoms with Crippen LogP contribution < -0.4 is 9.64 Å². The Morgan fingerprint density at radius 3 is 2.12 bits per heavy atom. The van der Waals surface area contributed by atoms with Crippen molar-refractivity contribution < 1.29 is 4.74 Å². The van der Waals surface area contributed by atoms with Gasteiger partial charge in [-0.2, -0.15) is 0 Å². The molecule has 3 aromatic carbocycles. The van der Waals surface area contributed by atoms with Gasteiger partial charge >= 0.3 is 0 Å². The van der Waals surface area contributed by atoms with Crippen LogP contribution in [-0.4, -0.2) is 7.11 Å². The van der Waals surface area contributed by atoms with Gasteiger partial charge in [-0.05, 0) is 41.5 Å². The number of benzene rings is 3. The van der Waals surface area contributed by atoms with Crippen molar-refractivity contribution in [2.75, 3.05) is 12.0 Å². The fourth-order valence-corrected chi connectivity index (χ4v) is 2.73. The number of para-hydroxylation sites is 1. The first-order valence-corrected chi connectivity index (χ1v) is 8.64. The summed E-state index contributed by atoms with van der Waals surface area (Å²) < 4.78 is 5.21. The number of hydrogen-bond acceptors (Lipinski definition) is 2. The molecule has 0 heterocycles. The zero-order valence-electron chi connectivity index (χ0n) is 15.0. The van der Waals surface area contributed by atoms with Crippen LogP contribution in [0.4, 0.5) is 5.69 Å². The van der Waals surface area contributed by atoms with Crippen LogP contribution in [0.15, 0.2) is 103 Å². The molecule has 0 saturated heterocycles. The third kappa shape index (κ3) is 4.64. The second kappa shape index (κ2) is 8.72. The van der Waals surface area contributed by atoms with Gasteiger partial charge in [0.1, 0.15) is 5.75 Å². The number of ether oxygens (including phenoxy) is 1. The summed E-state index contributed by atoms with van der Waals surface area (Å²) in [6, 6.07) is 28.8. The van der Waals surface area contributed by atoms with Crippen molar-refractivity contribution in [3.05, 3.63) is 114 Å². The molecule has 0 aromatic heterocycles. The molecule has 0 aliphatic rings. The number of allylic oxidation sites excluding steroid dienone is 1. The van der Waals surface area contributed by atoms with Crippen molar-refractivity contribution in [1.29, 1.82) is 0 Å². The first kappa shape index (κ1) is 17.6. The van der Waals surface area contributed by atoms with E-state index < -0.39 is 0 Å². The summed E-state index contributed by atoms with van der Waals surface area (Å²) in [7, 11) is 1.67. The zero-order chi connectivity index (χ0) is 18.2. The highest BCUT2D eigenvalue weighted by Gasteiger charge is 2.09. The molecular formula is C24H23NO. The third-order valence-electron chi connectivity index (χ3n) is 4.18. The van der Waals surface area contributed by atoms with Gasteiger partial charge in [-0.15, -0.1) is 0 Å². The number of rotatable bonds is 7. The monoisotopic (exact) mass is 341 g/mol. The Bertz CT molecular complexity index is 852. The van der Waals surface area contributed by atoms with Crippen molar-refractivity contribution in [2.24, 2.45) is 0 Å². The Morgan fingerprint density at radius 1 is 0.885 bits per heavy atom. The summed E-state index contributed by atoms with van der Waals surface area (Å²) in [6.07, 6.45) is 4.13. The number of hydrogen-bond donors (Lipinski definition) is 0. The maximum atomic E-state index is 5.21. The van der Waals surface area contributed by atoms with E-state index in [2.05, 4.69) is 60.0 Å². The van der Waals surface area contributed by atoms with E-state index in [-0.39, 0.29) is 0 Å². The van der Waals surface area contributed by atoms with Gasteiger partial charge in [0, 0.05) is 17.9 Å². The lowest BCUT2D eigenvalue weighted by Crippen LogP contribution is -2.20. The predicted molar refractivity (Wildman–Crippen MR) is 110 cm³/mol. The minimum absolute atomic E-state index is 0.774. The SMILES string of the molecule is C=C(/C=C/c1ccc(OC)cc1)N(Cc1ccccc1)c1ccccc1. The molecule has 0 atom stereocenters. The third-order valence-corrected chi connectivity index (χ3v) is 4.18. The standard InChI is InChI=1S/C24H23NO/c1-20(13-14-21-15-17-24(26-2)18-16-21)25(23-11-7-4-8-12-23)19-22-9-5-3-6-10-22/h3-18H,1,19H2,2H3/b14-13+. The predicted octanol–water partition coefficient (Wildman–Crippen LogP) is 5.93. The molecular weight excluding hydrogens is 318 g/mol. The van der Waals surface area contributed by atoms with Gasteiger partial charge in [-0.1, -0.05) is 73.3 Å². The summed E-state index contributed by atoms with van der Waals surface area (Å²) in [4.78, 5) is 2.22. The average Bonchev–Trinajstić information content (AvgIpc) is 2.72. The molecule has 0 amide bonds. The quantitative estimate of drug-likeness (QED) is 0.494. The van der Waals surface area contributed by atoms with Crippen LogP contribution >= 0.6 is 0 Å². The van der Waals surface area contributed by atoms with Gasteiger partial charge in [0.05, 0.1) is 7.11 Å². The molecule has 3 aromatic rings.